The van der Waals surface area contributed by atoms with Gasteiger partial charge in [-0.05, 0) is 35.0 Å². The Labute approximate surface area is 98.2 Å². The summed E-state index contributed by atoms with van der Waals surface area (Å²) >= 11 is 12.9. The first kappa shape index (κ1) is 9.50. The number of rotatable bonds is 0. The number of hydrogen-bond acceptors (Lipinski definition) is 0. The van der Waals surface area contributed by atoms with Crippen LogP contribution in [0, 0.1) is 0 Å². The fourth-order valence-electron chi connectivity index (χ4n) is 1.25. The van der Waals surface area contributed by atoms with E-state index in [1.54, 1.807) is 0 Å². The van der Waals surface area contributed by atoms with Crippen LogP contribution in [-0.4, -0.2) is 0 Å². The van der Waals surface area contributed by atoms with Crippen LogP contribution < -0.4 is 0 Å². The van der Waals surface area contributed by atoms with Crippen LogP contribution in [0.5, 0.6) is 0 Å². The Morgan fingerprint density at radius 3 is 2.15 bits per heavy atom. The van der Waals surface area contributed by atoms with Crippen LogP contribution in [0.4, 0.5) is 0 Å². The molecule has 0 heterocycles. The maximum Gasteiger partial charge on any atom is 0.0412 e. The molecule has 66 valence electrons. The smallest absolute Gasteiger partial charge is 0.0412 e. The molecule has 0 unspecified atom stereocenters. The summed E-state index contributed by atoms with van der Waals surface area (Å²) in [5.74, 6) is 0. The highest BCUT2D eigenvalue weighted by atomic mass is 79.9. The topological polar surface area (TPSA) is 0 Å². The molecule has 0 radical (unpaired) electrons. The molecule has 0 amide bonds. The number of fused-ring (bicyclic) bond motifs is 1. The van der Waals surface area contributed by atoms with Gasteiger partial charge in [-0.1, -0.05) is 49.5 Å². The molecule has 0 nitrogen and oxygen atoms in total. The van der Waals surface area contributed by atoms with Crippen LogP contribution in [0.1, 0.15) is 0 Å². The first-order chi connectivity index (χ1) is 6.18. The van der Waals surface area contributed by atoms with E-state index >= 15 is 0 Å². The van der Waals surface area contributed by atoms with Crippen molar-refractivity contribution in [1.82, 2.24) is 0 Å². The summed E-state index contributed by atoms with van der Waals surface area (Å²) < 4.78 is 2.15. The van der Waals surface area contributed by atoms with Crippen molar-refractivity contribution >= 4 is 54.2 Å². The van der Waals surface area contributed by atoms with E-state index in [9.17, 15) is 0 Å². The predicted molar refractivity (Wildman–Crippen MR) is 64.4 cm³/mol. The Kier molecular flexibility index (Phi) is 2.63. The second-order valence-electron chi connectivity index (χ2n) is 2.72. The van der Waals surface area contributed by atoms with Gasteiger partial charge in [0.15, 0.2) is 0 Å². The van der Waals surface area contributed by atoms with Crippen molar-refractivity contribution in [3.05, 3.63) is 44.3 Å². The van der Waals surface area contributed by atoms with Gasteiger partial charge in [-0.15, -0.1) is 0 Å². The van der Waals surface area contributed by atoms with Gasteiger partial charge >= 0.3 is 0 Å². The summed E-state index contributed by atoms with van der Waals surface area (Å²) in [6.07, 6.45) is 0. The Morgan fingerprint density at radius 1 is 0.846 bits per heavy atom. The van der Waals surface area contributed by atoms with Crippen molar-refractivity contribution in [3.8, 4) is 0 Å². The molecule has 0 aliphatic rings. The average molecular weight is 320 g/mol. The lowest BCUT2D eigenvalue weighted by atomic mass is 10.1. The van der Waals surface area contributed by atoms with Crippen LogP contribution >= 0.6 is 43.5 Å². The Balaban J connectivity index is 2.92. The Hall–Kier alpha value is -0.0500. The third-order valence-corrected chi connectivity index (χ3v) is 3.49. The summed E-state index contributed by atoms with van der Waals surface area (Å²) in [5.41, 5.74) is 0. The van der Waals surface area contributed by atoms with E-state index in [1.165, 1.54) is 5.39 Å². The first-order valence-corrected chi connectivity index (χ1v) is 5.68. The third-order valence-electron chi connectivity index (χ3n) is 1.87. The molecular weight excluding hydrogens is 315 g/mol. The van der Waals surface area contributed by atoms with Crippen LogP contribution in [0.15, 0.2) is 39.3 Å². The normalized spacial score (nSPS) is 10.7. The molecule has 0 fully saturated rings. The number of hydrogen-bond donors (Lipinski definition) is 0. The van der Waals surface area contributed by atoms with Gasteiger partial charge in [0.05, 0.1) is 0 Å². The number of halogens is 3. The molecule has 0 saturated carbocycles. The second-order valence-corrected chi connectivity index (χ2v) is 4.86. The van der Waals surface area contributed by atoms with Crippen molar-refractivity contribution < 1.29 is 0 Å². The predicted octanol–water partition coefficient (Wildman–Crippen LogP) is 5.02. The fourth-order valence-corrected chi connectivity index (χ4v) is 2.36. The number of benzene rings is 2. The van der Waals surface area contributed by atoms with E-state index in [1.807, 2.05) is 30.3 Å². The summed E-state index contributed by atoms with van der Waals surface area (Å²) in [6, 6.07) is 9.86. The van der Waals surface area contributed by atoms with E-state index in [4.69, 9.17) is 11.6 Å². The zero-order valence-corrected chi connectivity index (χ0v) is 10.4. The zero-order chi connectivity index (χ0) is 9.42. The van der Waals surface area contributed by atoms with Crippen molar-refractivity contribution in [2.24, 2.45) is 0 Å². The molecule has 13 heavy (non-hydrogen) atoms. The molecule has 0 bridgehead atoms. The van der Waals surface area contributed by atoms with Crippen LogP contribution in [0.2, 0.25) is 5.02 Å². The molecule has 0 aromatic heterocycles. The average Bonchev–Trinajstić information content (AvgIpc) is 2.12. The van der Waals surface area contributed by atoms with Crippen molar-refractivity contribution in [2.75, 3.05) is 0 Å². The van der Waals surface area contributed by atoms with E-state index in [0.717, 1.165) is 19.4 Å². The standard InChI is InChI=1S/C10H5Br2Cl/c11-9-3-4-10(12)8-5-6(13)1-2-7(8)9/h1-5H. The van der Waals surface area contributed by atoms with Crippen LogP contribution in [0.25, 0.3) is 10.8 Å². The first-order valence-electron chi connectivity index (χ1n) is 3.72. The van der Waals surface area contributed by atoms with E-state index in [2.05, 4.69) is 31.9 Å². The second kappa shape index (κ2) is 3.60. The summed E-state index contributed by atoms with van der Waals surface area (Å²) in [7, 11) is 0. The third kappa shape index (κ3) is 1.76. The minimum absolute atomic E-state index is 0.756. The monoisotopic (exact) mass is 318 g/mol. The molecule has 0 N–H and O–H groups in total. The fraction of sp³-hybridized carbons (Fsp3) is 0. The quantitative estimate of drug-likeness (QED) is 0.639. The SMILES string of the molecule is Clc1ccc2c(Br)ccc(Br)c2c1. The van der Waals surface area contributed by atoms with Crippen molar-refractivity contribution in [1.29, 1.82) is 0 Å². The highest BCUT2D eigenvalue weighted by Crippen LogP contribution is 2.31. The van der Waals surface area contributed by atoms with Gasteiger partial charge < -0.3 is 0 Å². The molecule has 0 saturated heterocycles. The molecule has 0 atom stereocenters. The Bertz CT molecular complexity index is 466. The summed E-state index contributed by atoms with van der Waals surface area (Å²) in [5, 5.41) is 3.05. The van der Waals surface area contributed by atoms with Crippen LogP contribution in [-0.2, 0) is 0 Å². The van der Waals surface area contributed by atoms with Crippen molar-refractivity contribution in [3.63, 3.8) is 0 Å². The maximum atomic E-state index is 5.91. The van der Waals surface area contributed by atoms with Gasteiger partial charge in [0.1, 0.15) is 0 Å². The largest absolute Gasteiger partial charge is 0.0843 e. The minimum Gasteiger partial charge on any atom is -0.0843 e. The molecule has 3 heteroatoms. The molecule has 0 spiro atoms. The molecule has 0 aliphatic carbocycles. The molecule has 0 aliphatic heterocycles. The molecule has 2 aromatic carbocycles. The molecule has 2 aromatic rings. The van der Waals surface area contributed by atoms with Crippen LogP contribution in [0.3, 0.4) is 0 Å². The van der Waals surface area contributed by atoms with Gasteiger partial charge in [0, 0.05) is 14.0 Å². The van der Waals surface area contributed by atoms with E-state index < -0.39 is 0 Å². The molecule has 2 rings (SSSR count). The molecular formula is C10H5Br2Cl. The summed E-state index contributed by atoms with van der Waals surface area (Å²) in [4.78, 5) is 0. The van der Waals surface area contributed by atoms with Gasteiger partial charge in [0.25, 0.3) is 0 Å². The van der Waals surface area contributed by atoms with E-state index in [0.29, 0.717) is 0 Å². The minimum atomic E-state index is 0.756. The van der Waals surface area contributed by atoms with Gasteiger partial charge in [-0.25, -0.2) is 0 Å². The van der Waals surface area contributed by atoms with E-state index in [-0.39, 0.29) is 0 Å². The lowest BCUT2D eigenvalue weighted by Gasteiger charge is -2.03. The lowest BCUT2D eigenvalue weighted by molar-refractivity contribution is 1.67. The highest BCUT2D eigenvalue weighted by molar-refractivity contribution is 9.11. The van der Waals surface area contributed by atoms with Crippen molar-refractivity contribution in [2.45, 2.75) is 0 Å². The Morgan fingerprint density at radius 2 is 1.46 bits per heavy atom. The van der Waals surface area contributed by atoms with Gasteiger partial charge in [-0.2, -0.15) is 0 Å². The zero-order valence-electron chi connectivity index (χ0n) is 6.52. The maximum absolute atomic E-state index is 5.91. The summed E-state index contributed by atoms with van der Waals surface area (Å²) in [6.45, 7) is 0. The lowest BCUT2D eigenvalue weighted by Crippen LogP contribution is -1.76. The van der Waals surface area contributed by atoms with Gasteiger partial charge in [0.2, 0.25) is 0 Å². The van der Waals surface area contributed by atoms with Gasteiger partial charge in [-0.3, -0.25) is 0 Å². The highest BCUT2D eigenvalue weighted by Gasteiger charge is 2.02.